The number of aromatic nitrogens is 2. The number of nitrogens with zero attached hydrogens (tertiary/aromatic N) is 2. The zero-order valence-electron chi connectivity index (χ0n) is 9.61. The van der Waals surface area contributed by atoms with Crippen LogP contribution < -0.4 is 5.32 Å². The summed E-state index contributed by atoms with van der Waals surface area (Å²) in [6.07, 6.45) is 0. The van der Waals surface area contributed by atoms with Crippen LogP contribution in [-0.2, 0) is 4.74 Å². The minimum absolute atomic E-state index is 0.252. The van der Waals surface area contributed by atoms with E-state index in [4.69, 9.17) is 16.3 Å². The van der Waals surface area contributed by atoms with Gasteiger partial charge in [-0.1, -0.05) is 12.1 Å². The molecule has 5 heteroatoms. The predicted octanol–water partition coefficient (Wildman–Crippen LogP) is 2.73. The molecule has 1 aromatic heterocycles. The lowest BCUT2D eigenvalue weighted by atomic mass is 10.2. The maximum atomic E-state index is 5.87. The third-order valence-corrected chi connectivity index (χ3v) is 2.49. The van der Waals surface area contributed by atoms with Gasteiger partial charge in [0.15, 0.2) is 0 Å². The molecule has 0 amide bonds. The maximum Gasteiger partial charge on any atom is 0.224 e. The van der Waals surface area contributed by atoms with Gasteiger partial charge in [-0.2, -0.15) is 0 Å². The first-order chi connectivity index (χ1) is 8.31. The van der Waals surface area contributed by atoms with E-state index in [9.17, 15) is 0 Å². The number of ether oxygens (including phenoxy) is 1. The highest BCUT2D eigenvalue weighted by molar-refractivity contribution is 6.28. The molecule has 1 N–H and O–H groups in total. The van der Waals surface area contributed by atoms with Crippen molar-refractivity contribution < 1.29 is 4.74 Å². The van der Waals surface area contributed by atoms with Crippen LogP contribution in [0.4, 0.5) is 5.82 Å². The van der Waals surface area contributed by atoms with Crippen molar-refractivity contribution in [1.29, 1.82) is 0 Å². The molecular formula is C12H14ClN3O. The standard InChI is InChI=1S/C12H14ClN3O/c1-2-17-8-7-14-11-9-5-3-4-6-10(9)15-12(13)16-11/h3-6H,2,7-8H2,1H3,(H,14,15,16). The van der Waals surface area contributed by atoms with E-state index in [2.05, 4.69) is 15.3 Å². The average molecular weight is 252 g/mol. The molecule has 0 atom stereocenters. The molecule has 0 aliphatic rings. The second-order valence-electron chi connectivity index (χ2n) is 3.48. The molecule has 0 fully saturated rings. The second kappa shape index (κ2) is 5.80. The summed E-state index contributed by atoms with van der Waals surface area (Å²) in [7, 11) is 0. The van der Waals surface area contributed by atoms with Crippen LogP contribution in [0.15, 0.2) is 24.3 Å². The number of anilines is 1. The number of nitrogens with one attached hydrogen (secondary N) is 1. The molecule has 0 saturated heterocycles. The molecule has 90 valence electrons. The molecule has 0 bridgehead atoms. The van der Waals surface area contributed by atoms with E-state index in [-0.39, 0.29) is 5.28 Å². The fraction of sp³-hybridized carbons (Fsp3) is 0.333. The zero-order chi connectivity index (χ0) is 12.1. The Morgan fingerprint density at radius 2 is 2.12 bits per heavy atom. The fourth-order valence-corrected chi connectivity index (χ4v) is 1.74. The van der Waals surface area contributed by atoms with Crippen molar-refractivity contribution in [3.8, 4) is 0 Å². The van der Waals surface area contributed by atoms with Gasteiger partial charge in [0.05, 0.1) is 12.1 Å². The number of para-hydroxylation sites is 1. The summed E-state index contributed by atoms with van der Waals surface area (Å²) in [5, 5.41) is 4.42. The van der Waals surface area contributed by atoms with Crippen LogP contribution in [0, 0.1) is 0 Å². The number of benzene rings is 1. The van der Waals surface area contributed by atoms with Gasteiger partial charge in [-0.25, -0.2) is 9.97 Å². The van der Waals surface area contributed by atoms with Gasteiger partial charge in [0.2, 0.25) is 5.28 Å². The largest absolute Gasteiger partial charge is 0.380 e. The molecular weight excluding hydrogens is 238 g/mol. The molecule has 1 aromatic carbocycles. The van der Waals surface area contributed by atoms with Crippen molar-refractivity contribution in [2.45, 2.75) is 6.92 Å². The van der Waals surface area contributed by atoms with Gasteiger partial charge in [-0.3, -0.25) is 0 Å². The smallest absolute Gasteiger partial charge is 0.224 e. The average Bonchev–Trinajstić information content (AvgIpc) is 2.34. The van der Waals surface area contributed by atoms with E-state index in [1.54, 1.807) is 0 Å². The molecule has 0 aliphatic heterocycles. The molecule has 2 rings (SSSR count). The predicted molar refractivity (Wildman–Crippen MR) is 69.5 cm³/mol. The topological polar surface area (TPSA) is 47.0 Å². The molecule has 17 heavy (non-hydrogen) atoms. The van der Waals surface area contributed by atoms with Gasteiger partial charge in [0.1, 0.15) is 5.82 Å². The van der Waals surface area contributed by atoms with Crippen LogP contribution in [0.1, 0.15) is 6.92 Å². The van der Waals surface area contributed by atoms with Crippen LogP contribution in [0.5, 0.6) is 0 Å². The summed E-state index contributed by atoms with van der Waals surface area (Å²) >= 11 is 5.87. The van der Waals surface area contributed by atoms with Crippen LogP contribution in [0.25, 0.3) is 10.9 Å². The minimum Gasteiger partial charge on any atom is -0.380 e. The van der Waals surface area contributed by atoms with E-state index in [0.717, 1.165) is 16.7 Å². The van der Waals surface area contributed by atoms with Crippen molar-refractivity contribution in [2.24, 2.45) is 0 Å². The molecule has 2 aromatic rings. The first kappa shape index (κ1) is 12.1. The van der Waals surface area contributed by atoms with E-state index in [0.29, 0.717) is 19.8 Å². The van der Waals surface area contributed by atoms with Crippen LogP contribution in [0.2, 0.25) is 5.28 Å². The summed E-state index contributed by atoms with van der Waals surface area (Å²) in [4.78, 5) is 8.35. The van der Waals surface area contributed by atoms with Crippen molar-refractivity contribution in [2.75, 3.05) is 25.1 Å². The Hall–Kier alpha value is -1.39. The van der Waals surface area contributed by atoms with Crippen LogP contribution in [0.3, 0.4) is 0 Å². The first-order valence-electron chi connectivity index (χ1n) is 5.55. The Kier molecular flexibility index (Phi) is 4.12. The minimum atomic E-state index is 0.252. The molecule has 0 saturated carbocycles. The summed E-state index contributed by atoms with van der Waals surface area (Å²) < 4.78 is 5.26. The summed E-state index contributed by atoms with van der Waals surface area (Å²) in [6.45, 7) is 4.03. The normalized spacial score (nSPS) is 10.7. The number of fused-ring (bicyclic) bond motifs is 1. The van der Waals surface area contributed by atoms with Gasteiger partial charge in [0.25, 0.3) is 0 Å². The molecule has 0 radical (unpaired) electrons. The molecule has 1 heterocycles. The second-order valence-corrected chi connectivity index (χ2v) is 3.82. The Bertz CT molecular complexity index is 504. The van der Waals surface area contributed by atoms with Gasteiger partial charge in [-0.15, -0.1) is 0 Å². The summed E-state index contributed by atoms with van der Waals surface area (Å²) in [5.41, 5.74) is 0.839. The van der Waals surface area contributed by atoms with E-state index in [1.807, 2.05) is 31.2 Å². The lowest BCUT2D eigenvalue weighted by Gasteiger charge is -2.08. The number of hydrogen-bond donors (Lipinski definition) is 1. The highest BCUT2D eigenvalue weighted by Crippen LogP contribution is 2.21. The lowest BCUT2D eigenvalue weighted by molar-refractivity contribution is 0.158. The van der Waals surface area contributed by atoms with Gasteiger partial charge in [-0.05, 0) is 30.7 Å². The van der Waals surface area contributed by atoms with E-state index in [1.165, 1.54) is 0 Å². The fourth-order valence-electron chi connectivity index (χ4n) is 1.57. The quantitative estimate of drug-likeness (QED) is 0.656. The Balaban J connectivity index is 2.20. The molecule has 0 unspecified atom stereocenters. The third kappa shape index (κ3) is 3.05. The summed E-state index contributed by atoms with van der Waals surface area (Å²) in [5.74, 6) is 0.750. The lowest BCUT2D eigenvalue weighted by Crippen LogP contribution is -2.10. The highest BCUT2D eigenvalue weighted by atomic mass is 35.5. The zero-order valence-corrected chi connectivity index (χ0v) is 10.4. The van der Waals surface area contributed by atoms with Crippen molar-refractivity contribution in [3.05, 3.63) is 29.5 Å². The van der Waals surface area contributed by atoms with Gasteiger partial charge >= 0.3 is 0 Å². The monoisotopic (exact) mass is 251 g/mol. The van der Waals surface area contributed by atoms with Gasteiger partial charge < -0.3 is 10.1 Å². The van der Waals surface area contributed by atoms with Crippen molar-refractivity contribution in [3.63, 3.8) is 0 Å². The maximum absolute atomic E-state index is 5.87. The Morgan fingerprint density at radius 1 is 1.29 bits per heavy atom. The van der Waals surface area contributed by atoms with Crippen LogP contribution in [-0.4, -0.2) is 29.7 Å². The number of halogens is 1. The molecule has 0 aliphatic carbocycles. The van der Waals surface area contributed by atoms with Crippen molar-refractivity contribution >= 4 is 28.3 Å². The number of rotatable bonds is 5. The third-order valence-electron chi connectivity index (χ3n) is 2.32. The molecule has 0 spiro atoms. The summed E-state index contributed by atoms with van der Waals surface area (Å²) in [6, 6.07) is 7.76. The SMILES string of the molecule is CCOCCNc1nc(Cl)nc2ccccc12. The number of hydrogen-bond acceptors (Lipinski definition) is 4. The Labute approximate surface area is 105 Å². The first-order valence-corrected chi connectivity index (χ1v) is 5.93. The van der Waals surface area contributed by atoms with Crippen molar-refractivity contribution in [1.82, 2.24) is 9.97 Å². The molecule has 4 nitrogen and oxygen atoms in total. The highest BCUT2D eigenvalue weighted by Gasteiger charge is 2.04. The van der Waals surface area contributed by atoms with Gasteiger partial charge in [0, 0.05) is 18.5 Å². The van der Waals surface area contributed by atoms with E-state index >= 15 is 0 Å². The van der Waals surface area contributed by atoms with Crippen LogP contribution >= 0.6 is 11.6 Å². The van der Waals surface area contributed by atoms with E-state index < -0.39 is 0 Å². The Morgan fingerprint density at radius 3 is 2.94 bits per heavy atom.